The standard InChI is InChI=1S/C54H77F2N9O8/c1-34(2)20-38-12-14-42(40-16-18-63(27-35(3)60-49(66)24-57-69)31-45-39(21-40)13-15-48(72-7)52(45)73-8)46-32-64(28-36(4)61-50(67)25-58-70)19-17-54(23-43(38)46)22-41-10-9-11-47(53(6,55)56)44(41)30-65(33-54)29-37(5)62-51(68)26-59-71/h9-15,25-26,34-37,40,57,69-71H,16-24,27-33H2,1-8H3,(H,60,66)(H,61,67)(H,62,68)/b58-25-,59-26-/t35-,36-,37-,40?,54?/m0/s1. The van der Waals surface area contributed by atoms with Crippen LogP contribution in [0.5, 0.6) is 11.5 Å². The van der Waals surface area contributed by atoms with Gasteiger partial charge in [-0.1, -0.05) is 60.6 Å². The van der Waals surface area contributed by atoms with E-state index >= 15 is 8.78 Å². The summed E-state index contributed by atoms with van der Waals surface area (Å²) in [5, 5.41) is 42.1. The maximum Gasteiger partial charge on any atom is 0.270 e. The molecule has 1 spiro atoms. The maximum absolute atomic E-state index is 15.7. The molecule has 3 aromatic carbocycles. The Bertz CT molecular complexity index is 2450. The van der Waals surface area contributed by atoms with Gasteiger partial charge in [0.25, 0.3) is 17.7 Å². The Morgan fingerprint density at radius 1 is 0.781 bits per heavy atom. The molecule has 400 valence electrons. The van der Waals surface area contributed by atoms with Crippen LogP contribution in [-0.2, 0) is 65.6 Å². The van der Waals surface area contributed by atoms with Crippen LogP contribution in [0, 0.1) is 11.3 Å². The van der Waals surface area contributed by atoms with E-state index in [2.05, 4.69) is 73.0 Å². The van der Waals surface area contributed by atoms with Crippen LogP contribution in [-0.4, -0.2) is 139 Å². The Kier molecular flexibility index (Phi) is 19.7. The number of methoxy groups -OCH3 is 2. The number of oxime groups is 2. The van der Waals surface area contributed by atoms with Crippen molar-refractivity contribution in [2.45, 2.75) is 130 Å². The van der Waals surface area contributed by atoms with Crippen molar-refractivity contribution in [3.05, 3.63) is 92.5 Å². The van der Waals surface area contributed by atoms with Gasteiger partial charge in [0.2, 0.25) is 5.91 Å². The number of alkyl halides is 2. The van der Waals surface area contributed by atoms with Crippen molar-refractivity contribution in [1.29, 1.82) is 0 Å². The molecule has 0 aromatic heterocycles. The summed E-state index contributed by atoms with van der Waals surface area (Å²) in [6.45, 7) is 15.4. The first kappa shape index (κ1) is 56.6. The van der Waals surface area contributed by atoms with Crippen LogP contribution in [0.15, 0.2) is 52.8 Å². The van der Waals surface area contributed by atoms with Crippen LogP contribution in [0.3, 0.4) is 0 Å². The molecular formula is C54H77F2N9O8. The fraction of sp³-hybridized carbons (Fsp3) is 0.574. The average Bonchev–Trinajstić information content (AvgIpc) is 3.45. The van der Waals surface area contributed by atoms with Crippen LogP contribution in [0.25, 0.3) is 0 Å². The first-order valence-corrected chi connectivity index (χ1v) is 25.4. The van der Waals surface area contributed by atoms with E-state index in [4.69, 9.17) is 14.7 Å². The van der Waals surface area contributed by atoms with Gasteiger partial charge in [0, 0.05) is 82.0 Å². The Labute approximate surface area is 428 Å². The van der Waals surface area contributed by atoms with Crippen LogP contribution in [0.2, 0.25) is 0 Å². The fourth-order valence-corrected chi connectivity index (χ4v) is 11.7. The van der Waals surface area contributed by atoms with Gasteiger partial charge in [-0.15, -0.1) is 0 Å². The minimum Gasteiger partial charge on any atom is -0.493 e. The SMILES string of the molecule is COc1ccc2c(c1OC)CN(C[C@H](C)NC(=O)CNO)CCC(c1ccc(CC(C)C)c3c1CN(C[C@H](C)NC(=O)/C=N\O)CCC1(Cc4cccc(C(C)(F)F)c4CN(C[C@H](C)NC(=O)/C=N\O)C1)C3)C2. The van der Waals surface area contributed by atoms with Crippen LogP contribution < -0.4 is 30.9 Å². The second kappa shape index (κ2) is 25.5. The number of benzene rings is 3. The highest BCUT2D eigenvalue weighted by Gasteiger charge is 2.42. The zero-order valence-corrected chi connectivity index (χ0v) is 43.8. The summed E-state index contributed by atoms with van der Waals surface area (Å²) in [6, 6.07) is 12.9. The molecule has 3 amide bonds. The smallest absolute Gasteiger partial charge is 0.270 e. The minimum absolute atomic E-state index is 0.00716. The number of ether oxygens (including phenoxy) is 2. The molecule has 6 rings (SSSR count). The zero-order valence-electron chi connectivity index (χ0n) is 43.8. The van der Waals surface area contributed by atoms with E-state index in [1.54, 1.807) is 20.3 Å². The molecular weight excluding hydrogens is 941 g/mol. The van der Waals surface area contributed by atoms with E-state index in [0.717, 1.165) is 48.9 Å². The number of halogens is 2. The quantitative estimate of drug-likeness (QED) is 0.0435. The lowest BCUT2D eigenvalue weighted by molar-refractivity contribution is -0.122. The molecule has 17 nitrogen and oxygen atoms in total. The number of hydrogen-bond donors (Lipinski definition) is 7. The number of hydroxylamine groups is 1. The van der Waals surface area contributed by atoms with Gasteiger partial charge in [-0.05, 0) is 135 Å². The third-order valence-electron chi connectivity index (χ3n) is 14.5. The lowest BCUT2D eigenvalue weighted by Crippen LogP contribution is -2.49. The van der Waals surface area contributed by atoms with Crippen molar-refractivity contribution in [2.75, 3.05) is 60.0 Å². The van der Waals surface area contributed by atoms with Gasteiger partial charge in [-0.3, -0.25) is 29.1 Å². The van der Waals surface area contributed by atoms with Gasteiger partial charge in [-0.25, -0.2) is 8.78 Å². The van der Waals surface area contributed by atoms with E-state index in [-0.39, 0.29) is 42.6 Å². The van der Waals surface area contributed by atoms with Crippen molar-refractivity contribution in [3.8, 4) is 11.5 Å². The molecule has 3 aromatic rings. The molecule has 7 N–H and O–H groups in total. The predicted molar refractivity (Wildman–Crippen MR) is 275 cm³/mol. The molecule has 0 radical (unpaired) electrons. The molecule has 19 heteroatoms. The van der Waals surface area contributed by atoms with Crippen molar-refractivity contribution in [1.82, 2.24) is 36.1 Å². The van der Waals surface area contributed by atoms with Crippen LogP contribution in [0.1, 0.15) is 110 Å². The second-order valence-electron chi connectivity index (χ2n) is 21.2. The highest BCUT2D eigenvalue weighted by molar-refractivity contribution is 6.26. The maximum atomic E-state index is 15.7. The molecule has 5 atom stereocenters. The Morgan fingerprint density at radius 3 is 2.03 bits per heavy atom. The number of hydrogen-bond acceptors (Lipinski definition) is 14. The van der Waals surface area contributed by atoms with E-state index in [1.807, 2.05) is 38.4 Å². The van der Waals surface area contributed by atoms with E-state index < -0.39 is 29.2 Å². The van der Waals surface area contributed by atoms with Crippen molar-refractivity contribution in [2.24, 2.45) is 21.6 Å². The second-order valence-corrected chi connectivity index (χ2v) is 21.2. The molecule has 3 aliphatic rings. The summed E-state index contributed by atoms with van der Waals surface area (Å²) in [6.07, 6.45) is 5.80. The molecule has 0 saturated heterocycles. The number of fused-ring (bicyclic) bond motifs is 3. The summed E-state index contributed by atoms with van der Waals surface area (Å²) >= 11 is 0. The zero-order chi connectivity index (χ0) is 53.0. The summed E-state index contributed by atoms with van der Waals surface area (Å²) < 4.78 is 43.2. The molecule has 73 heavy (non-hydrogen) atoms. The highest BCUT2D eigenvalue weighted by Crippen LogP contribution is 2.46. The lowest BCUT2D eigenvalue weighted by atomic mass is 9.69. The molecule has 0 saturated carbocycles. The summed E-state index contributed by atoms with van der Waals surface area (Å²) in [5.41, 5.74) is 9.85. The largest absolute Gasteiger partial charge is 0.493 e. The van der Waals surface area contributed by atoms with Gasteiger partial charge >= 0.3 is 0 Å². The molecule has 3 heterocycles. The van der Waals surface area contributed by atoms with E-state index in [0.29, 0.717) is 101 Å². The van der Waals surface area contributed by atoms with Crippen molar-refractivity contribution >= 4 is 30.2 Å². The van der Waals surface area contributed by atoms with E-state index in [1.165, 1.54) is 28.3 Å². The van der Waals surface area contributed by atoms with Gasteiger partial charge in [0.1, 0.15) is 12.4 Å². The first-order chi connectivity index (χ1) is 34.8. The fourth-order valence-electron chi connectivity index (χ4n) is 11.7. The number of nitrogens with zero attached hydrogens (tertiary/aromatic N) is 5. The Hall–Kier alpha value is -5.73. The van der Waals surface area contributed by atoms with Gasteiger partial charge in [0.05, 0.1) is 20.8 Å². The van der Waals surface area contributed by atoms with Crippen molar-refractivity contribution in [3.63, 3.8) is 0 Å². The third-order valence-corrected chi connectivity index (χ3v) is 14.5. The number of amides is 3. The topological polar surface area (TPSA) is 213 Å². The lowest BCUT2D eigenvalue weighted by Gasteiger charge is -2.43. The monoisotopic (exact) mass is 1020 g/mol. The van der Waals surface area contributed by atoms with Crippen molar-refractivity contribution < 1.29 is 48.3 Å². The summed E-state index contributed by atoms with van der Waals surface area (Å²) in [4.78, 5) is 44.9. The van der Waals surface area contributed by atoms with Gasteiger partial charge in [0.15, 0.2) is 11.5 Å². The Morgan fingerprint density at radius 2 is 1.41 bits per heavy atom. The highest BCUT2D eigenvalue weighted by atomic mass is 19.3. The van der Waals surface area contributed by atoms with Gasteiger partial charge in [-0.2, -0.15) is 5.48 Å². The number of carbonyl (C=O) groups is 3. The third kappa shape index (κ3) is 15.0. The minimum atomic E-state index is -3.11. The summed E-state index contributed by atoms with van der Waals surface area (Å²) in [7, 11) is 3.27. The predicted octanol–water partition coefficient (Wildman–Crippen LogP) is 5.75. The summed E-state index contributed by atoms with van der Waals surface area (Å²) in [5.74, 6) is -2.93. The number of carbonyl (C=O) groups excluding carboxylic acids is 3. The molecule has 2 unspecified atom stereocenters. The normalized spacial score (nSPS) is 20.4. The number of nitrogens with one attached hydrogen (secondary N) is 4. The van der Waals surface area contributed by atoms with Gasteiger partial charge < -0.3 is 41.0 Å². The number of rotatable bonds is 19. The molecule has 0 aliphatic carbocycles. The van der Waals surface area contributed by atoms with Crippen LogP contribution >= 0.6 is 0 Å². The Balaban J connectivity index is 1.54. The van der Waals surface area contributed by atoms with Crippen LogP contribution in [0.4, 0.5) is 8.78 Å². The first-order valence-electron chi connectivity index (χ1n) is 25.4. The van der Waals surface area contributed by atoms with E-state index in [9.17, 15) is 24.8 Å². The average molecular weight is 1020 g/mol. The molecule has 0 bridgehead atoms. The molecule has 0 fully saturated rings. The molecule has 3 aliphatic heterocycles.